The highest BCUT2D eigenvalue weighted by Crippen LogP contribution is 2.09. The minimum absolute atomic E-state index is 0.123. The van der Waals surface area contributed by atoms with Gasteiger partial charge in [0.1, 0.15) is 0 Å². The largest absolute Gasteiger partial charge is 0.352 e. The van der Waals surface area contributed by atoms with Gasteiger partial charge in [0.05, 0.1) is 10.9 Å². The molecule has 3 rings (SSSR count). The Morgan fingerprint density at radius 1 is 1.10 bits per heavy atom. The van der Waals surface area contributed by atoms with E-state index in [1.807, 2.05) is 18.2 Å². The van der Waals surface area contributed by atoms with Gasteiger partial charge in [-0.15, -0.1) is 0 Å². The van der Waals surface area contributed by atoms with E-state index in [0.717, 1.165) is 5.56 Å². The highest BCUT2D eigenvalue weighted by atomic mass is 16.1. The number of nitrogens with zero attached hydrogens (tertiary/aromatic N) is 1. The number of benzene rings is 2. The second-order valence-electron chi connectivity index (χ2n) is 4.77. The van der Waals surface area contributed by atoms with Crippen molar-refractivity contribution in [2.45, 2.75) is 13.5 Å². The van der Waals surface area contributed by atoms with E-state index in [2.05, 4.69) is 46.5 Å². The molecule has 1 heterocycles. The van der Waals surface area contributed by atoms with Crippen molar-refractivity contribution in [2.24, 2.45) is 0 Å². The Morgan fingerprint density at radius 3 is 2.65 bits per heavy atom. The first kappa shape index (κ1) is 12.4. The number of H-pyrrole nitrogens is 1. The SMILES string of the molecule is Cc1ccc(CNc2nc3ccccc3c(=O)[nH]2)cc1. The van der Waals surface area contributed by atoms with E-state index in [0.29, 0.717) is 23.4 Å². The van der Waals surface area contributed by atoms with Crippen LogP contribution in [-0.2, 0) is 6.54 Å². The molecule has 0 radical (unpaired) electrons. The summed E-state index contributed by atoms with van der Waals surface area (Å²) in [5.41, 5.74) is 2.95. The van der Waals surface area contributed by atoms with Crippen LogP contribution in [0.15, 0.2) is 53.3 Å². The van der Waals surface area contributed by atoms with E-state index in [9.17, 15) is 4.79 Å². The maximum atomic E-state index is 11.9. The molecule has 4 nitrogen and oxygen atoms in total. The van der Waals surface area contributed by atoms with Crippen LogP contribution in [0.1, 0.15) is 11.1 Å². The fourth-order valence-electron chi connectivity index (χ4n) is 2.06. The number of fused-ring (bicyclic) bond motifs is 1. The van der Waals surface area contributed by atoms with Crippen LogP contribution in [0.2, 0.25) is 0 Å². The van der Waals surface area contributed by atoms with Gasteiger partial charge in [0.25, 0.3) is 5.56 Å². The van der Waals surface area contributed by atoms with E-state index in [-0.39, 0.29) is 5.56 Å². The molecule has 2 aromatic carbocycles. The molecule has 0 aliphatic carbocycles. The summed E-state index contributed by atoms with van der Waals surface area (Å²) in [7, 11) is 0. The quantitative estimate of drug-likeness (QED) is 0.765. The molecule has 4 heteroatoms. The number of hydrogen-bond acceptors (Lipinski definition) is 3. The number of para-hydroxylation sites is 1. The van der Waals surface area contributed by atoms with Gasteiger partial charge in [-0.1, -0.05) is 42.0 Å². The first-order valence-corrected chi connectivity index (χ1v) is 6.51. The number of aromatic amines is 1. The topological polar surface area (TPSA) is 57.8 Å². The highest BCUT2D eigenvalue weighted by Gasteiger charge is 2.02. The lowest BCUT2D eigenvalue weighted by Gasteiger charge is -2.06. The van der Waals surface area contributed by atoms with Crippen molar-refractivity contribution in [3.8, 4) is 0 Å². The van der Waals surface area contributed by atoms with Gasteiger partial charge < -0.3 is 5.32 Å². The Hall–Kier alpha value is -2.62. The van der Waals surface area contributed by atoms with Crippen molar-refractivity contribution >= 4 is 16.9 Å². The number of anilines is 1. The number of aromatic nitrogens is 2. The van der Waals surface area contributed by atoms with Gasteiger partial charge in [-0.2, -0.15) is 0 Å². The molecule has 20 heavy (non-hydrogen) atoms. The van der Waals surface area contributed by atoms with Crippen molar-refractivity contribution in [1.29, 1.82) is 0 Å². The minimum Gasteiger partial charge on any atom is -0.352 e. The van der Waals surface area contributed by atoms with Gasteiger partial charge in [-0.3, -0.25) is 9.78 Å². The Balaban J connectivity index is 1.84. The summed E-state index contributed by atoms with van der Waals surface area (Å²) in [5.74, 6) is 0.495. The number of hydrogen-bond donors (Lipinski definition) is 2. The molecule has 3 aromatic rings. The summed E-state index contributed by atoms with van der Waals surface area (Å²) in [6.07, 6.45) is 0. The van der Waals surface area contributed by atoms with Crippen molar-refractivity contribution in [1.82, 2.24) is 9.97 Å². The lowest BCUT2D eigenvalue weighted by molar-refractivity contribution is 1.06. The predicted octanol–water partition coefficient (Wildman–Crippen LogP) is 2.84. The van der Waals surface area contributed by atoms with Crippen LogP contribution in [0.3, 0.4) is 0 Å². The van der Waals surface area contributed by atoms with Gasteiger partial charge in [-0.05, 0) is 24.6 Å². The molecule has 1 aromatic heterocycles. The maximum absolute atomic E-state index is 11.9. The molecular formula is C16H15N3O. The van der Waals surface area contributed by atoms with E-state index in [1.165, 1.54) is 5.56 Å². The summed E-state index contributed by atoms with van der Waals surface area (Å²) in [4.78, 5) is 19.1. The van der Waals surface area contributed by atoms with Gasteiger partial charge in [0, 0.05) is 6.54 Å². The molecule has 0 bridgehead atoms. The summed E-state index contributed by atoms with van der Waals surface area (Å²) >= 11 is 0. The molecule has 0 saturated carbocycles. The molecule has 100 valence electrons. The zero-order chi connectivity index (χ0) is 13.9. The second-order valence-corrected chi connectivity index (χ2v) is 4.77. The fourth-order valence-corrected chi connectivity index (χ4v) is 2.06. The van der Waals surface area contributed by atoms with Crippen molar-refractivity contribution in [3.05, 3.63) is 70.0 Å². The Bertz CT molecular complexity index is 791. The Morgan fingerprint density at radius 2 is 1.85 bits per heavy atom. The average molecular weight is 265 g/mol. The smallest absolute Gasteiger partial charge is 0.260 e. The zero-order valence-corrected chi connectivity index (χ0v) is 11.2. The molecule has 0 aliphatic heterocycles. The van der Waals surface area contributed by atoms with Crippen molar-refractivity contribution in [3.63, 3.8) is 0 Å². The van der Waals surface area contributed by atoms with E-state index in [4.69, 9.17) is 0 Å². The van der Waals surface area contributed by atoms with Crippen LogP contribution in [0.5, 0.6) is 0 Å². The third-order valence-electron chi connectivity index (χ3n) is 3.19. The molecular weight excluding hydrogens is 250 g/mol. The maximum Gasteiger partial charge on any atom is 0.260 e. The Labute approximate surface area is 116 Å². The molecule has 0 spiro atoms. The molecule has 0 aliphatic rings. The van der Waals surface area contributed by atoms with E-state index in [1.54, 1.807) is 6.07 Å². The van der Waals surface area contributed by atoms with Gasteiger partial charge >= 0.3 is 0 Å². The monoisotopic (exact) mass is 265 g/mol. The molecule has 2 N–H and O–H groups in total. The molecule has 0 fully saturated rings. The average Bonchev–Trinajstić information content (AvgIpc) is 2.47. The normalized spacial score (nSPS) is 10.7. The number of aryl methyl sites for hydroxylation is 1. The van der Waals surface area contributed by atoms with Crippen LogP contribution in [0.25, 0.3) is 10.9 Å². The predicted molar refractivity (Wildman–Crippen MR) is 80.9 cm³/mol. The van der Waals surface area contributed by atoms with E-state index < -0.39 is 0 Å². The minimum atomic E-state index is -0.123. The fraction of sp³-hybridized carbons (Fsp3) is 0.125. The summed E-state index contributed by atoms with van der Waals surface area (Å²) in [6.45, 7) is 2.68. The zero-order valence-electron chi connectivity index (χ0n) is 11.2. The van der Waals surface area contributed by atoms with Gasteiger partial charge in [-0.25, -0.2) is 4.98 Å². The summed E-state index contributed by atoms with van der Waals surface area (Å²) < 4.78 is 0. The standard InChI is InChI=1S/C16H15N3O/c1-11-6-8-12(9-7-11)10-17-16-18-14-5-3-2-4-13(14)15(20)19-16/h2-9H,10H2,1H3,(H2,17,18,19,20). The van der Waals surface area contributed by atoms with Crippen LogP contribution in [0, 0.1) is 6.92 Å². The molecule has 0 atom stereocenters. The highest BCUT2D eigenvalue weighted by molar-refractivity contribution is 5.78. The molecule has 0 amide bonds. The lowest BCUT2D eigenvalue weighted by Crippen LogP contribution is -2.13. The molecule has 0 saturated heterocycles. The first-order chi connectivity index (χ1) is 9.72. The summed E-state index contributed by atoms with van der Waals surface area (Å²) in [6, 6.07) is 15.5. The lowest BCUT2D eigenvalue weighted by atomic mass is 10.1. The third kappa shape index (κ3) is 2.54. The number of nitrogens with one attached hydrogen (secondary N) is 2. The Kier molecular flexibility index (Phi) is 3.21. The van der Waals surface area contributed by atoms with Crippen LogP contribution in [0.4, 0.5) is 5.95 Å². The van der Waals surface area contributed by atoms with Crippen LogP contribution in [-0.4, -0.2) is 9.97 Å². The van der Waals surface area contributed by atoms with Crippen molar-refractivity contribution in [2.75, 3.05) is 5.32 Å². The number of rotatable bonds is 3. The van der Waals surface area contributed by atoms with E-state index >= 15 is 0 Å². The van der Waals surface area contributed by atoms with Crippen molar-refractivity contribution < 1.29 is 0 Å². The van der Waals surface area contributed by atoms with Gasteiger partial charge in [0.15, 0.2) is 0 Å². The third-order valence-corrected chi connectivity index (χ3v) is 3.19. The van der Waals surface area contributed by atoms with Crippen LogP contribution >= 0.6 is 0 Å². The second kappa shape index (κ2) is 5.17. The summed E-state index contributed by atoms with van der Waals surface area (Å²) in [5, 5.41) is 3.75. The molecule has 0 unspecified atom stereocenters. The van der Waals surface area contributed by atoms with Crippen LogP contribution < -0.4 is 10.9 Å². The van der Waals surface area contributed by atoms with Gasteiger partial charge in [0.2, 0.25) is 5.95 Å². The first-order valence-electron chi connectivity index (χ1n) is 6.51.